The van der Waals surface area contributed by atoms with Crippen molar-refractivity contribution in [2.24, 2.45) is 5.73 Å². The Morgan fingerprint density at radius 3 is 2.54 bits per heavy atom. The maximum Gasteiger partial charge on any atom is 0.254 e. The SMILES string of the molecule is CCNC(=O)c1ccc(N2C(=O)C(NC(=O)CC(C)(C)N)CCc3ccccc32)c(C)c1-c1occ2ccccc12. The van der Waals surface area contributed by atoms with Crippen LogP contribution in [0.25, 0.3) is 22.1 Å². The molecule has 2 heterocycles. The van der Waals surface area contributed by atoms with Crippen LogP contribution in [0.2, 0.25) is 0 Å². The van der Waals surface area contributed by atoms with E-state index in [0.717, 1.165) is 22.0 Å². The Bertz CT molecular complexity index is 1630. The van der Waals surface area contributed by atoms with Gasteiger partial charge >= 0.3 is 0 Å². The van der Waals surface area contributed by atoms with Gasteiger partial charge in [-0.15, -0.1) is 0 Å². The molecule has 41 heavy (non-hydrogen) atoms. The Morgan fingerprint density at radius 2 is 1.78 bits per heavy atom. The number of nitrogens with one attached hydrogen (secondary N) is 2. The van der Waals surface area contributed by atoms with Gasteiger partial charge in [0, 0.05) is 34.8 Å². The van der Waals surface area contributed by atoms with E-state index in [1.54, 1.807) is 37.1 Å². The summed E-state index contributed by atoms with van der Waals surface area (Å²) >= 11 is 0. The van der Waals surface area contributed by atoms with E-state index < -0.39 is 11.6 Å². The largest absolute Gasteiger partial charge is 0.463 e. The van der Waals surface area contributed by atoms with Crippen molar-refractivity contribution in [2.75, 3.05) is 11.4 Å². The van der Waals surface area contributed by atoms with Gasteiger partial charge in [0.25, 0.3) is 11.8 Å². The maximum atomic E-state index is 14.3. The van der Waals surface area contributed by atoms with E-state index in [4.69, 9.17) is 10.2 Å². The molecule has 1 aliphatic heterocycles. The van der Waals surface area contributed by atoms with Crippen LogP contribution in [0.5, 0.6) is 0 Å². The minimum Gasteiger partial charge on any atom is -0.463 e. The number of fused-ring (bicyclic) bond motifs is 2. The smallest absolute Gasteiger partial charge is 0.254 e. The van der Waals surface area contributed by atoms with Crippen LogP contribution >= 0.6 is 0 Å². The molecule has 0 saturated carbocycles. The lowest BCUT2D eigenvalue weighted by atomic mass is 9.94. The lowest BCUT2D eigenvalue weighted by Gasteiger charge is -2.29. The summed E-state index contributed by atoms with van der Waals surface area (Å²) in [6.07, 6.45) is 2.84. The summed E-state index contributed by atoms with van der Waals surface area (Å²) in [6, 6.07) is 18.3. The van der Waals surface area contributed by atoms with Crippen molar-refractivity contribution in [3.05, 3.63) is 83.6 Å². The van der Waals surface area contributed by atoms with E-state index in [1.807, 2.05) is 62.4 Å². The molecule has 4 N–H and O–H groups in total. The molecule has 0 fully saturated rings. The van der Waals surface area contributed by atoms with Crippen molar-refractivity contribution < 1.29 is 18.8 Å². The number of hydrogen-bond donors (Lipinski definition) is 3. The average molecular weight is 553 g/mol. The van der Waals surface area contributed by atoms with E-state index in [-0.39, 0.29) is 24.1 Å². The van der Waals surface area contributed by atoms with Crippen molar-refractivity contribution >= 4 is 39.9 Å². The molecular weight excluding hydrogens is 516 g/mol. The average Bonchev–Trinajstić information content (AvgIpc) is 3.29. The zero-order chi connectivity index (χ0) is 29.3. The van der Waals surface area contributed by atoms with Gasteiger partial charge in [0.05, 0.1) is 23.2 Å². The first-order valence-electron chi connectivity index (χ1n) is 14.0. The number of hydrogen-bond acceptors (Lipinski definition) is 5. The summed E-state index contributed by atoms with van der Waals surface area (Å²) in [5.74, 6) is -0.184. The van der Waals surface area contributed by atoms with Crippen LogP contribution in [0.1, 0.15) is 55.1 Å². The third-order valence-corrected chi connectivity index (χ3v) is 7.40. The monoisotopic (exact) mass is 552 g/mol. The van der Waals surface area contributed by atoms with Gasteiger partial charge in [-0.2, -0.15) is 0 Å². The molecule has 1 aromatic heterocycles. The van der Waals surface area contributed by atoms with Crippen LogP contribution in [-0.4, -0.2) is 35.8 Å². The van der Waals surface area contributed by atoms with Gasteiger partial charge in [-0.3, -0.25) is 19.3 Å². The second kappa shape index (κ2) is 11.2. The second-order valence-corrected chi connectivity index (χ2v) is 11.3. The summed E-state index contributed by atoms with van der Waals surface area (Å²) in [6.45, 7) is 7.80. The van der Waals surface area contributed by atoms with Crippen LogP contribution in [-0.2, 0) is 16.0 Å². The van der Waals surface area contributed by atoms with Crippen LogP contribution in [0.3, 0.4) is 0 Å². The van der Waals surface area contributed by atoms with E-state index in [1.165, 1.54) is 0 Å². The molecule has 5 rings (SSSR count). The van der Waals surface area contributed by atoms with Crippen LogP contribution in [0, 0.1) is 6.92 Å². The van der Waals surface area contributed by atoms with Crippen LogP contribution in [0.15, 0.2) is 71.3 Å². The van der Waals surface area contributed by atoms with Crippen molar-refractivity contribution in [1.29, 1.82) is 0 Å². The lowest BCUT2D eigenvalue weighted by molar-refractivity contribution is -0.127. The summed E-state index contributed by atoms with van der Waals surface area (Å²) in [4.78, 5) is 42.1. The summed E-state index contributed by atoms with van der Waals surface area (Å²) in [5, 5.41) is 7.62. The molecule has 0 bridgehead atoms. The van der Waals surface area contributed by atoms with Crippen molar-refractivity contribution in [3.63, 3.8) is 0 Å². The number of nitrogens with two attached hydrogens (primary N) is 1. The van der Waals surface area contributed by atoms with E-state index in [9.17, 15) is 14.4 Å². The topological polar surface area (TPSA) is 118 Å². The first-order chi connectivity index (χ1) is 19.6. The van der Waals surface area contributed by atoms with Crippen LogP contribution < -0.4 is 21.3 Å². The zero-order valence-corrected chi connectivity index (χ0v) is 23.9. The molecule has 1 unspecified atom stereocenters. The molecular formula is C33H36N4O4. The van der Waals surface area contributed by atoms with Crippen molar-refractivity contribution in [1.82, 2.24) is 10.6 Å². The Labute approximate surface area is 239 Å². The van der Waals surface area contributed by atoms with Gasteiger partial charge in [0.2, 0.25) is 5.91 Å². The molecule has 1 atom stereocenters. The number of aryl methyl sites for hydroxylation is 1. The van der Waals surface area contributed by atoms with Gasteiger partial charge in [0.1, 0.15) is 11.8 Å². The number of carbonyl (C=O) groups excluding carboxylic acids is 3. The fourth-order valence-electron chi connectivity index (χ4n) is 5.55. The zero-order valence-electron chi connectivity index (χ0n) is 23.9. The van der Waals surface area contributed by atoms with E-state index >= 15 is 0 Å². The van der Waals surface area contributed by atoms with Crippen molar-refractivity contribution in [3.8, 4) is 11.3 Å². The van der Waals surface area contributed by atoms with Crippen LogP contribution in [0.4, 0.5) is 11.4 Å². The first kappa shape index (κ1) is 28.1. The Kier molecular flexibility index (Phi) is 7.69. The third-order valence-electron chi connectivity index (χ3n) is 7.40. The second-order valence-electron chi connectivity index (χ2n) is 11.3. The Balaban J connectivity index is 1.68. The molecule has 0 radical (unpaired) electrons. The fraction of sp³-hybridized carbons (Fsp3) is 0.303. The molecule has 0 saturated heterocycles. The maximum absolute atomic E-state index is 14.3. The summed E-state index contributed by atoms with van der Waals surface area (Å²) in [5.41, 5.74) is 9.53. The fourth-order valence-corrected chi connectivity index (χ4v) is 5.55. The number of benzene rings is 3. The summed E-state index contributed by atoms with van der Waals surface area (Å²) in [7, 11) is 0. The number of anilines is 2. The standard InChI is InChI=1S/C33H36N4O4/c1-5-35-31(39)24-15-17-26(20(2)29(24)30-23-12-8-6-11-22(23)19-41-30)37-27-13-9-7-10-21(27)14-16-25(32(37)40)36-28(38)18-33(3,4)34/h6-13,15,17,19,25H,5,14,16,18,34H2,1-4H3,(H,35,39)(H,36,38). The van der Waals surface area contributed by atoms with Gasteiger partial charge in [-0.05, 0) is 69.9 Å². The lowest BCUT2D eigenvalue weighted by Crippen LogP contribution is -2.49. The van der Waals surface area contributed by atoms with Gasteiger partial charge in [-0.25, -0.2) is 0 Å². The van der Waals surface area contributed by atoms with E-state index in [2.05, 4.69) is 10.6 Å². The first-order valence-corrected chi connectivity index (χ1v) is 14.0. The Morgan fingerprint density at radius 1 is 1.05 bits per heavy atom. The highest BCUT2D eigenvalue weighted by molar-refractivity contribution is 6.10. The number of rotatable bonds is 7. The van der Waals surface area contributed by atoms with Gasteiger partial charge in [-0.1, -0.05) is 42.5 Å². The number of amides is 3. The quantitative estimate of drug-likeness (QED) is 0.285. The number of carbonyl (C=O) groups is 3. The highest BCUT2D eigenvalue weighted by atomic mass is 16.3. The molecule has 3 aromatic carbocycles. The minimum atomic E-state index is -0.743. The number of furan rings is 1. The normalized spacial score (nSPS) is 15.4. The molecule has 0 aliphatic carbocycles. The predicted octanol–water partition coefficient (Wildman–Crippen LogP) is 5.38. The highest BCUT2D eigenvalue weighted by Gasteiger charge is 2.35. The third kappa shape index (κ3) is 5.60. The molecule has 0 spiro atoms. The predicted molar refractivity (Wildman–Crippen MR) is 161 cm³/mol. The van der Waals surface area contributed by atoms with Gasteiger partial charge in [0.15, 0.2) is 0 Å². The molecule has 1 aliphatic rings. The number of para-hydroxylation sites is 1. The summed E-state index contributed by atoms with van der Waals surface area (Å²) < 4.78 is 6.08. The molecule has 8 nitrogen and oxygen atoms in total. The molecule has 4 aromatic rings. The molecule has 3 amide bonds. The Hall–Kier alpha value is -4.43. The van der Waals surface area contributed by atoms with Crippen molar-refractivity contribution in [2.45, 2.75) is 58.5 Å². The number of nitrogens with zero attached hydrogens (tertiary/aromatic N) is 1. The van der Waals surface area contributed by atoms with Gasteiger partial charge < -0.3 is 20.8 Å². The molecule has 8 heteroatoms. The highest BCUT2D eigenvalue weighted by Crippen LogP contribution is 2.42. The van der Waals surface area contributed by atoms with E-state index in [0.29, 0.717) is 47.5 Å². The minimum absolute atomic E-state index is 0.0969. The molecule has 212 valence electrons.